The van der Waals surface area contributed by atoms with Crippen LogP contribution in [0.3, 0.4) is 0 Å². The summed E-state index contributed by atoms with van der Waals surface area (Å²) in [5.41, 5.74) is 8.72. The van der Waals surface area contributed by atoms with Crippen LogP contribution in [0.1, 0.15) is 67.6 Å². The van der Waals surface area contributed by atoms with Crippen molar-refractivity contribution < 1.29 is 0 Å². The monoisotopic (exact) mass is 349 g/mol. The summed E-state index contributed by atoms with van der Waals surface area (Å²) in [7, 11) is 0. The molecule has 0 radical (unpaired) electrons. The Hall–Kier alpha value is -1.87. The molecule has 0 spiro atoms. The van der Waals surface area contributed by atoms with Gasteiger partial charge in [-0.15, -0.1) is 0 Å². The van der Waals surface area contributed by atoms with E-state index in [1.54, 1.807) is 16.7 Å². The molecular formula is C23H31N3. The third-order valence-electron chi connectivity index (χ3n) is 5.92. The van der Waals surface area contributed by atoms with Crippen molar-refractivity contribution in [2.45, 2.75) is 65.0 Å². The zero-order chi connectivity index (χ0) is 18.3. The van der Waals surface area contributed by atoms with Crippen LogP contribution in [0.4, 0.5) is 5.69 Å². The van der Waals surface area contributed by atoms with E-state index in [2.05, 4.69) is 67.2 Å². The SMILES string of the molecule is Cc1cc(N2CCc3cc(C(C)(C)C)cc([C@@H]4CCCN4)c3C2)ccn1. The predicted molar refractivity (Wildman–Crippen MR) is 109 cm³/mol. The summed E-state index contributed by atoms with van der Waals surface area (Å²) in [6, 6.07) is 9.84. The minimum atomic E-state index is 0.196. The molecule has 3 nitrogen and oxygen atoms in total. The lowest BCUT2D eigenvalue weighted by Crippen LogP contribution is -2.33. The Morgan fingerprint density at radius 1 is 1.19 bits per heavy atom. The number of hydrogen-bond acceptors (Lipinski definition) is 3. The van der Waals surface area contributed by atoms with Crippen LogP contribution < -0.4 is 10.2 Å². The van der Waals surface area contributed by atoms with Gasteiger partial charge in [-0.1, -0.05) is 32.9 Å². The van der Waals surface area contributed by atoms with Crippen molar-refractivity contribution in [2.24, 2.45) is 0 Å². The Morgan fingerprint density at radius 2 is 2.04 bits per heavy atom. The van der Waals surface area contributed by atoms with Gasteiger partial charge in [0.1, 0.15) is 0 Å². The standard InChI is InChI=1S/C23H31N3/c1-16-12-19(7-10-24-16)26-11-8-17-13-18(23(2,3)4)14-20(21(17)15-26)22-6-5-9-25-22/h7,10,12-14,22,25H,5-6,8-9,11,15H2,1-4H3/t22-/m0/s1. The molecule has 2 aliphatic rings. The average molecular weight is 350 g/mol. The summed E-state index contributed by atoms with van der Waals surface area (Å²) in [6.45, 7) is 12.3. The lowest BCUT2D eigenvalue weighted by atomic mass is 9.80. The molecule has 0 amide bonds. The van der Waals surface area contributed by atoms with Gasteiger partial charge in [0, 0.05) is 36.7 Å². The Balaban J connectivity index is 1.74. The van der Waals surface area contributed by atoms with Gasteiger partial charge in [-0.2, -0.15) is 0 Å². The van der Waals surface area contributed by atoms with E-state index >= 15 is 0 Å². The van der Waals surface area contributed by atoms with Crippen molar-refractivity contribution in [3.8, 4) is 0 Å². The number of rotatable bonds is 2. The van der Waals surface area contributed by atoms with Crippen molar-refractivity contribution >= 4 is 5.69 Å². The fraction of sp³-hybridized carbons (Fsp3) is 0.522. The number of aromatic nitrogens is 1. The van der Waals surface area contributed by atoms with Crippen molar-refractivity contribution in [1.29, 1.82) is 0 Å². The van der Waals surface area contributed by atoms with E-state index in [4.69, 9.17) is 0 Å². The molecule has 3 heteroatoms. The number of benzene rings is 1. The van der Waals surface area contributed by atoms with Crippen LogP contribution in [0, 0.1) is 6.92 Å². The largest absolute Gasteiger partial charge is 0.367 e. The summed E-state index contributed by atoms with van der Waals surface area (Å²) >= 11 is 0. The number of aryl methyl sites for hydroxylation is 1. The third-order valence-corrected chi connectivity index (χ3v) is 5.92. The highest BCUT2D eigenvalue weighted by atomic mass is 15.1. The zero-order valence-corrected chi connectivity index (χ0v) is 16.6. The molecule has 2 aromatic rings. The Morgan fingerprint density at radius 3 is 2.73 bits per heavy atom. The van der Waals surface area contributed by atoms with Crippen molar-refractivity contribution in [3.63, 3.8) is 0 Å². The van der Waals surface area contributed by atoms with E-state index in [9.17, 15) is 0 Å². The molecule has 0 unspecified atom stereocenters. The van der Waals surface area contributed by atoms with Gasteiger partial charge in [0.15, 0.2) is 0 Å². The molecule has 2 aliphatic heterocycles. The lowest BCUT2D eigenvalue weighted by Gasteiger charge is -2.35. The maximum atomic E-state index is 4.36. The van der Waals surface area contributed by atoms with Crippen LogP contribution in [-0.2, 0) is 18.4 Å². The maximum Gasteiger partial charge on any atom is 0.0435 e. The first-order valence-corrected chi connectivity index (χ1v) is 9.99. The van der Waals surface area contributed by atoms with Crippen LogP contribution in [0.25, 0.3) is 0 Å². The number of nitrogens with one attached hydrogen (secondary N) is 1. The smallest absolute Gasteiger partial charge is 0.0435 e. The van der Waals surface area contributed by atoms with E-state index in [0.29, 0.717) is 6.04 Å². The van der Waals surface area contributed by atoms with Crippen LogP contribution >= 0.6 is 0 Å². The average Bonchev–Trinajstić information content (AvgIpc) is 3.14. The second-order valence-electron chi connectivity index (χ2n) is 8.93. The minimum Gasteiger partial charge on any atom is -0.367 e. The molecule has 1 saturated heterocycles. The van der Waals surface area contributed by atoms with Gasteiger partial charge >= 0.3 is 0 Å². The van der Waals surface area contributed by atoms with E-state index in [1.165, 1.54) is 24.1 Å². The number of nitrogens with zero attached hydrogens (tertiary/aromatic N) is 2. The number of hydrogen-bond donors (Lipinski definition) is 1. The van der Waals surface area contributed by atoms with Gasteiger partial charge in [0.25, 0.3) is 0 Å². The summed E-state index contributed by atoms with van der Waals surface area (Å²) in [5.74, 6) is 0. The van der Waals surface area contributed by atoms with Crippen LogP contribution in [-0.4, -0.2) is 18.1 Å². The molecule has 1 N–H and O–H groups in total. The van der Waals surface area contributed by atoms with Crippen LogP contribution in [0.5, 0.6) is 0 Å². The first-order chi connectivity index (χ1) is 12.4. The number of fused-ring (bicyclic) bond motifs is 1. The minimum absolute atomic E-state index is 0.196. The first-order valence-electron chi connectivity index (χ1n) is 9.99. The molecule has 1 aromatic carbocycles. The third kappa shape index (κ3) is 3.37. The van der Waals surface area contributed by atoms with Crippen LogP contribution in [0.2, 0.25) is 0 Å². The van der Waals surface area contributed by atoms with Gasteiger partial charge in [0.05, 0.1) is 0 Å². The summed E-state index contributed by atoms with van der Waals surface area (Å²) in [6.07, 6.45) is 5.60. The zero-order valence-electron chi connectivity index (χ0n) is 16.6. The molecule has 0 bridgehead atoms. The molecule has 3 heterocycles. The van der Waals surface area contributed by atoms with Gasteiger partial charge < -0.3 is 10.2 Å². The second-order valence-corrected chi connectivity index (χ2v) is 8.93. The van der Waals surface area contributed by atoms with Gasteiger partial charge in [-0.25, -0.2) is 0 Å². The van der Waals surface area contributed by atoms with E-state index < -0.39 is 0 Å². The highest BCUT2D eigenvalue weighted by Gasteiger charge is 2.28. The van der Waals surface area contributed by atoms with Gasteiger partial charge in [-0.05, 0) is 72.5 Å². The van der Waals surface area contributed by atoms with Gasteiger partial charge in [-0.3, -0.25) is 4.98 Å². The maximum absolute atomic E-state index is 4.36. The molecule has 0 aliphatic carbocycles. The van der Waals surface area contributed by atoms with E-state index in [1.807, 2.05) is 6.20 Å². The molecule has 26 heavy (non-hydrogen) atoms. The second kappa shape index (κ2) is 6.70. The molecule has 4 rings (SSSR count). The molecule has 0 saturated carbocycles. The molecule has 1 fully saturated rings. The quantitative estimate of drug-likeness (QED) is 0.853. The summed E-state index contributed by atoms with van der Waals surface area (Å²) in [4.78, 5) is 6.88. The number of anilines is 1. The number of pyridine rings is 1. The fourth-order valence-corrected chi connectivity index (χ4v) is 4.34. The van der Waals surface area contributed by atoms with Crippen molar-refractivity contribution in [1.82, 2.24) is 10.3 Å². The lowest BCUT2D eigenvalue weighted by molar-refractivity contribution is 0.576. The summed E-state index contributed by atoms with van der Waals surface area (Å²) in [5, 5.41) is 3.74. The molecule has 1 aromatic heterocycles. The van der Waals surface area contributed by atoms with Gasteiger partial charge in [0.2, 0.25) is 0 Å². The Labute approximate surface area is 157 Å². The van der Waals surface area contributed by atoms with E-state index in [0.717, 1.165) is 31.7 Å². The highest BCUT2D eigenvalue weighted by molar-refractivity contribution is 5.53. The fourth-order valence-electron chi connectivity index (χ4n) is 4.34. The van der Waals surface area contributed by atoms with Crippen molar-refractivity contribution in [3.05, 3.63) is 58.4 Å². The topological polar surface area (TPSA) is 28.2 Å². The Kier molecular flexibility index (Phi) is 4.52. The summed E-state index contributed by atoms with van der Waals surface area (Å²) < 4.78 is 0. The van der Waals surface area contributed by atoms with E-state index in [-0.39, 0.29) is 5.41 Å². The predicted octanol–water partition coefficient (Wildman–Crippen LogP) is 4.67. The van der Waals surface area contributed by atoms with Crippen LogP contribution in [0.15, 0.2) is 30.5 Å². The Bertz CT molecular complexity index is 798. The molecule has 1 atom stereocenters. The van der Waals surface area contributed by atoms with Crippen molar-refractivity contribution in [2.75, 3.05) is 18.0 Å². The molecule has 138 valence electrons. The normalized spacial score (nSPS) is 20.3. The first kappa shape index (κ1) is 17.5. The molecular weight excluding hydrogens is 318 g/mol. The highest BCUT2D eigenvalue weighted by Crippen LogP contribution is 2.36.